The lowest BCUT2D eigenvalue weighted by molar-refractivity contribution is -0.128. The number of carbonyl (C=O) groups excluding carboxylic acids is 2. The second-order valence-electron chi connectivity index (χ2n) is 6.44. The van der Waals surface area contributed by atoms with Gasteiger partial charge in [-0.2, -0.15) is 0 Å². The van der Waals surface area contributed by atoms with Gasteiger partial charge in [0.1, 0.15) is 5.54 Å². The Morgan fingerprint density at radius 2 is 1.91 bits per heavy atom. The number of hydrogen-bond donors (Lipinski definition) is 1. The number of methoxy groups -OCH3 is 1. The number of ether oxygens (including phenoxy) is 1. The highest BCUT2D eigenvalue weighted by molar-refractivity contribution is 6.50. The third-order valence-electron chi connectivity index (χ3n) is 5.03. The Labute approximate surface area is 145 Å². The predicted octanol–water partition coefficient (Wildman–Crippen LogP) is 3.11. The van der Waals surface area contributed by atoms with Crippen LogP contribution in [0.3, 0.4) is 0 Å². The van der Waals surface area contributed by atoms with Crippen LogP contribution >= 0.6 is 23.2 Å². The molecule has 0 bridgehead atoms. The molecule has 1 heterocycles. The molecule has 1 atom stereocenters. The van der Waals surface area contributed by atoms with Gasteiger partial charge in [-0.15, -0.1) is 0 Å². The molecular formula is C17H19Cl2NO3. The summed E-state index contributed by atoms with van der Waals surface area (Å²) in [6.07, 6.45) is 2.63. The molecule has 0 aromatic heterocycles. The van der Waals surface area contributed by atoms with Gasteiger partial charge in [0, 0.05) is 17.7 Å². The first-order valence-corrected chi connectivity index (χ1v) is 8.45. The lowest BCUT2D eigenvalue weighted by atomic mass is 9.75. The van der Waals surface area contributed by atoms with Crippen LogP contribution in [0.25, 0.3) is 0 Å². The molecule has 1 aromatic carbocycles. The van der Waals surface area contributed by atoms with Gasteiger partial charge >= 0.3 is 0 Å². The SMILES string of the molecule is COC1CCC2(CC1)NC(=O)C(Cl)(c1cc(C)ccc1Cl)C2=O. The molecule has 1 aliphatic heterocycles. The van der Waals surface area contributed by atoms with Crippen LogP contribution < -0.4 is 5.32 Å². The van der Waals surface area contributed by atoms with E-state index >= 15 is 0 Å². The van der Waals surface area contributed by atoms with Crippen molar-refractivity contribution in [3.05, 3.63) is 34.3 Å². The summed E-state index contributed by atoms with van der Waals surface area (Å²) < 4.78 is 5.35. The molecule has 124 valence electrons. The lowest BCUT2D eigenvalue weighted by Crippen LogP contribution is -2.50. The van der Waals surface area contributed by atoms with Gasteiger partial charge in [-0.1, -0.05) is 40.9 Å². The monoisotopic (exact) mass is 355 g/mol. The van der Waals surface area contributed by atoms with Gasteiger partial charge in [0.2, 0.25) is 4.87 Å². The summed E-state index contributed by atoms with van der Waals surface area (Å²) >= 11 is 12.8. The number of alkyl halides is 1. The molecule has 1 unspecified atom stereocenters. The van der Waals surface area contributed by atoms with Crippen molar-refractivity contribution in [1.29, 1.82) is 0 Å². The number of amides is 1. The summed E-state index contributed by atoms with van der Waals surface area (Å²) in [5.41, 5.74) is 0.365. The highest BCUT2D eigenvalue weighted by Gasteiger charge is 2.63. The van der Waals surface area contributed by atoms with E-state index in [9.17, 15) is 9.59 Å². The summed E-state index contributed by atoms with van der Waals surface area (Å²) in [5.74, 6) is -0.772. The average molecular weight is 356 g/mol. The van der Waals surface area contributed by atoms with E-state index in [1.165, 1.54) is 0 Å². The summed E-state index contributed by atoms with van der Waals surface area (Å²) in [4.78, 5) is 24.1. The molecule has 0 radical (unpaired) electrons. The van der Waals surface area contributed by atoms with E-state index in [-0.39, 0.29) is 11.9 Å². The zero-order valence-electron chi connectivity index (χ0n) is 13.1. The summed E-state index contributed by atoms with van der Waals surface area (Å²) in [6.45, 7) is 1.87. The standard InChI is InChI=1S/C17H19Cl2NO3/c1-10-3-4-13(18)12(9-10)17(19)14(21)16(20-15(17)22)7-5-11(23-2)6-8-16/h3-4,9,11H,5-8H2,1-2H3,(H,20,22). The summed E-state index contributed by atoms with van der Waals surface area (Å²) in [7, 11) is 1.66. The number of nitrogens with one attached hydrogen (secondary N) is 1. The third kappa shape index (κ3) is 2.48. The van der Waals surface area contributed by atoms with E-state index in [0.717, 1.165) is 18.4 Å². The van der Waals surface area contributed by atoms with Crippen molar-refractivity contribution in [2.24, 2.45) is 0 Å². The fraction of sp³-hybridized carbons (Fsp3) is 0.529. The second-order valence-corrected chi connectivity index (χ2v) is 7.42. The van der Waals surface area contributed by atoms with Crippen LogP contribution in [0.2, 0.25) is 5.02 Å². The highest BCUT2D eigenvalue weighted by atomic mass is 35.5. The van der Waals surface area contributed by atoms with Crippen molar-refractivity contribution < 1.29 is 14.3 Å². The Bertz CT molecular complexity index is 668. The van der Waals surface area contributed by atoms with Crippen molar-refractivity contribution in [2.45, 2.75) is 49.1 Å². The lowest BCUT2D eigenvalue weighted by Gasteiger charge is -2.35. The zero-order valence-corrected chi connectivity index (χ0v) is 14.6. The molecule has 1 aromatic rings. The van der Waals surface area contributed by atoms with Gasteiger partial charge in [-0.3, -0.25) is 9.59 Å². The number of hydrogen-bond acceptors (Lipinski definition) is 3. The molecular weight excluding hydrogens is 337 g/mol. The molecule has 3 rings (SSSR count). The average Bonchev–Trinajstić information content (AvgIpc) is 2.73. The van der Waals surface area contributed by atoms with Gasteiger partial charge < -0.3 is 10.1 Å². The van der Waals surface area contributed by atoms with Crippen LogP contribution in [0.1, 0.15) is 36.8 Å². The molecule has 1 spiro atoms. The Morgan fingerprint density at radius 3 is 2.52 bits per heavy atom. The maximum atomic E-state index is 13.2. The van der Waals surface area contributed by atoms with Crippen LogP contribution in [0, 0.1) is 6.92 Å². The molecule has 1 saturated carbocycles. The van der Waals surface area contributed by atoms with Crippen LogP contribution in [0.5, 0.6) is 0 Å². The quantitative estimate of drug-likeness (QED) is 0.654. The van der Waals surface area contributed by atoms with Crippen molar-refractivity contribution in [1.82, 2.24) is 5.32 Å². The molecule has 1 saturated heterocycles. The molecule has 23 heavy (non-hydrogen) atoms. The van der Waals surface area contributed by atoms with Crippen molar-refractivity contribution in [2.75, 3.05) is 7.11 Å². The smallest absolute Gasteiger partial charge is 0.254 e. The maximum Gasteiger partial charge on any atom is 0.254 e. The Balaban J connectivity index is 2.00. The van der Waals surface area contributed by atoms with Crippen LogP contribution in [-0.2, 0) is 19.2 Å². The van der Waals surface area contributed by atoms with Gasteiger partial charge in [0.05, 0.1) is 6.10 Å². The first-order chi connectivity index (χ1) is 10.8. The molecule has 1 N–H and O–H groups in total. The van der Waals surface area contributed by atoms with E-state index in [2.05, 4.69) is 5.32 Å². The molecule has 6 heteroatoms. The minimum absolute atomic E-state index is 0.123. The number of ketones is 1. The number of benzene rings is 1. The van der Waals surface area contributed by atoms with Gasteiger partial charge in [-0.05, 0) is 38.7 Å². The molecule has 1 amide bonds. The minimum Gasteiger partial charge on any atom is -0.381 e. The maximum absolute atomic E-state index is 13.2. The number of Topliss-reactive ketones (excluding diaryl/α,β-unsaturated/α-hetero) is 1. The van der Waals surface area contributed by atoms with Gasteiger partial charge in [-0.25, -0.2) is 0 Å². The first-order valence-electron chi connectivity index (χ1n) is 7.69. The fourth-order valence-corrected chi connectivity index (χ4v) is 4.30. The first kappa shape index (κ1) is 16.7. The van der Waals surface area contributed by atoms with Crippen molar-refractivity contribution in [3.63, 3.8) is 0 Å². The normalized spacial score (nSPS) is 34.0. The third-order valence-corrected chi connectivity index (χ3v) is 5.90. The van der Waals surface area contributed by atoms with Crippen LogP contribution in [0.4, 0.5) is 0 Å². The molecule has 4 nitrogen and oxygen atoms in total. The fourth-order valence-electron chi connectivity index (χ4n) is 3.61. The number of halogens is 2. The van der Waals surface area contributed by atoms with Crippen molar-refractivity contribution >= 4 is 34.9 Å². The Kier molecular flexibility index (Phi) is 4.20. The second kappa shape index (κ2) is 5.76. The van der Waals surface area contributed by atoms with Crippen LogP contribution in [-0.4, -0.2) is 30.4 Å². The highest BCUT2D eigenvalue weighted by Crippen LogP contribution is 2.47. The topological polar surface area (TPSA) is 55.4 Å². The van der Waals surface area contributed by atoms with E-state index in [0.29, 0.717) is 23.4 Å². The van der Waals surface area contributed by atoms with E-state index < -0.39 is 16.3 Å². The van der Waals surface area contributed by atoms with E-state index in [1.54, 1.807) is 19.2 Å². The minimum atomic E-state index is -1.75. The number of rotatable bonds is 2. The number of aryl methyl sites for hydroxylation is 1. The Hall–Kier alpha value is -1.10. The largest absolute Gasteiger partial charge is 0.381 e. The van der Waals surface area contributed by atoms with Gasteiger partial charge in [0.25, 0.3) is 5.91 Å². The summed E-state index contributed by atoms with van der Waals surface area (Å²) in [6, 6.07) is 5.21. The zero-order chi connectivity index (χ0) is 16.8. The predicted molar refractivity (Wildman–Crippen MR) is 88.9 cm³/mol. The molecule has 2 aliphatic rings. The summed E-state index contributed by atoms with van der Waals surface area (Å²) in [5, 5.41) is 3.20. The number of carbonyl (C=O) groups is 2. The molecule has 2 fully saturated rings. The van der Waals surface area contributed by atoms with E-state index in [4.69, 9.17) is 27.9 Å². The van der Waals surface area contributed by atoms with Gasteiger partial charge in [0.15, 0.2) is 5.78 Å². The van der Waals surface area contributed by atoms with Crippen LogP contribution in [0.15, 0.2) is 18.2 Å². The molecule has 1 aliphatic carbocycles. The Morgan fingerprint density at radius 1 is 1.26 bits per heavy atom. The van der Waals surface area contributed by atoms with E-state index in [1.807, 2.05) is 13.0 Å². The van der Waals surface area contributed by atoms with Crippen molar-refractivity contribution in [3.8, 4) is 0 Å².